The van der Waals surface area contributed by atoms with Crippen molar-refractivity contribution in [2.75, 3.05) is 19.7 Å². The topological polar surface area (TPSA) is 39.1 Å². The van der Waals surface area contributed by atoms with Crippen LogP contribution < -0.4 is 10.1 Å². The number of hydrogen-bond acceptors (Lipinski definition) is 3. The molecule has 0 aliphatic carbocycles. The number of aryl methyl sites for hydroxylation is 1. The van der Waals surface area contributed by atoms with Gasteiger partial charge in [-0.1, -0.05) is 20.8 Å². The number of rotatable bonds is 9. The molecule has 1 N–H and O–H groups in total. The molecule has 1 heterocycles. The Bertz CT molecular complexity index is 562. The van der Waals surface area contributed by atoms with Crippen LogP contribution in [0.4, 0.5) is 0 Å². The van der Waals surface area contributed by atoms with E-state index in [1.54, 1.807) is 0 Å². The van der Waals surface area contributed by atoms with Gasteiger partial charge in [0, 0.05) is 25.6 Å². The molecule has 1 aromatic heterocycles. The first-order valence-electron chi connectivity index (χ1n) is 8.12. The van der Waals surface area contributed by atoms with Gasteiger partial charge in [-0.05, 0) is 31.5 Å². The van der Waals surface area contributed by atoms with Crippen molar-refractivity contribution in [3.05, 3.63) is 24.0 Å². The van der Waals surface area contributed by atoms with Crippen molar-refractivity contribution < 1.29 is 4.74 Å². The number of benzene rings is 1. The lowest BCUT2D eigenvalue weighted by molar-refractivity contribution is 0.318. The van der Waals surface area contributed by atoms with Crippen LogP contribution in [0.2, 0.25) is 0 Å². The molecule has 0 bridgehead atoms. The third-order valence-electron chi connectivity index (χ3n) is 3.49. The summed E-state index contributed by atoms with van der Waals surface area (Å²) in [5.74, 6) is 2.09. The summed E-state index contributed by atoms with van der Waals surface area (Å²) in [5.41, 5.74) is 2.26. The van der Waals surface area contributed by atoms with E-state index in [1.807, 2.05) is 0 Å². The molecule has 0 atom stereocenters. The predicted molar refractivity (Wildman–Crippen MR) is 88.1 cm³/mol. The van der Waals surface area contributed by atoms with Crippen molar-refractivity contribution in [1.29, 1.82) is 0 Å². The number of ether oxygens (including phenoxy) is 1. The first kappa shape index (κ1) is 15.8. The highest BCUT2D eigenvalue weighted by molar-refractivity contribution is 5.77. The van der Waals surface area contributed by atoms with E-state index in [0.29, 0.717) is 0 Å². The Hall–Kier alpha value is -1.55. The Kier molecular flexibility index (Phi) is 6.05. The molecule has 21 heavy (non-hydrogen) atoms. The quantitative estimate of drug-likeness (QED) is 0.719. The zero-order valence-electron chi connectivity index (χ0n) is 13.5. The standard InChI is InChI=1S/C17H27N3O/c1-4-11-20-16-8-7-14(21-12-5-2)13-15(16)19-17(20)9-10-18-6-3/h7-8,13,18H,4-6,9-12H2,1-3H3. The van der Waals surface area contributed by atoms with Crippen molar-refractivity contribution in [2.24, 2.45) is 0 Å². The van der Waals surface area contributed by atoms with Gasteiger partial charge in [-0.2, -0.15) is 0 Å². The van der Waals surface area contributed by atoms with E-state index in [0.717, 1.165) is 56.8 Å². The Morgan fingerprint density at radius 3 is 2.76 bits per heavy atom. The van der Waals surface area contributed by atoms with E-state index in [-0.39, 0.29) is 0 Å². The summed E-state index contributed by atoms with van der Waals surface area (Å²) < 4.78 is 8.05. The third-order valence-corrected chi connectivity index (χ3v) is 3.49. The minimum absolute atomic E-state index is 0.758. The largest absolute Gasteiger partial charge is 0.494 e. The molecule has 0 fully saturated rings. The number of fused-ring (bicyclic) bond motifs is 1. The van der Waals surface area contributed by atoms with Gasteiger partial charge < -0.3 is 14.6 Å². The molecule has 2 aromatic rings. The average Bonchev–Trinajstić information content (AvgIpc) is 2.83. The van der Waals surface area contributed by atoms with Crippen LogP contribution in [0.25, 0.3) is 11.0 Å². The van der Waals surface area contributed by atoms with Gasteiger partial charge in [0.05, 0.1) is 17.6 Å². The van der Waals surface area contributed by atoms with Gasteiger partial charge in [-0.15, -0.1) is 0 Å². The van der Waals surface area contributed by atoms with Crippen LogP contribution in [0.1, 0.15) is 39.4 Å². The molecule has 0 saturated heterocycles. The molecule has 0 aliphatic heterocycles. The fourth-order valence-electron chi connectivity index (χ4n) is 2.51. The van der Waals surface area contributed by atoms with Crippen LogP contribution in [-0.4, -0.2) is 29.2 Å². The molecule has 0 saturated carbocycles. The maximum absolute atomic E-state index is 5.71. The minimum Gasteiger partial charge on any atom is -0.494 e. The highest BCUT2D eigenvalue weighted by Gasteiger charge is 2.10. The maximum Gasteiger partial charge on any atom is 0.121 e. The fourth-order valence-corrected chi connectivity index (χ4v) is 2.51. The van der Waals surface area contributed by atoms with Crippen LogP contribution in [0, 0.1) is 0 Å². The van der Waals surface area contributed by atoms with E-state index in [9.17, 15) is 0 Å². The molecule has 0 radical (unpaired) electrons. The van der Waals surface area contributed by atoms with Crippen LogP contribution in [0.5, 0.6) is 5.75 Å². The van der Waals surface area contributed by atoms with Gasteiger partial charge in [0.2, 0.25) is 0 Å². The molecule has 4 nitrogen and oxygen atoms in total. The molecule has 4 heteroatoms. The highest BCUT2D eigenvalue weighted by atomic mass is 16.5. The lowest BCUT2D eigenvalue weighted by Crippen LogP contribution is -2.18. The summed E-state index contributed by atoms with van der Waals surface area (Å²) in [6, 6.07) is 6.26. The number of imidazole rings is 1. The van der Waals surface area contributed by atoms with E-state index in [4.69, 9.17) is 9.72 Å². The minimum atomic E-state index is 0.758. The molecule has 116 valence electrons. The second-order valence-electron chi connectivity index (χ2n) is 5.28. The van der Waals surface area contributed by atoms with Crippen LogP contribution in [-0.2, 0) is 13.0 Å². The fraction of sp³-hybridized carbons (Fsp3) is 0.588. The summed E-state index contributed by atoms with van der Waals surface area (Å²) in [5, 5.41) is 3.37. The van der Waals surface area contributed by atoms with Gasteiger partial charge in [0.15, 0.2) is 0 Å². The first-order valence-corrected chi connectivity index (χ1v) is 8.12. The average molecular weight is 289 g/mol. The summed E-state index contributed by atoms with van der Waals surface area (Å²) >= 11 is 0. The lowest BCUT2D eigenvalue weighted by Gasteiger charge is -2.08. The van der Waals surface area contributed by atoms with E-state index in [1.165, 1.54) is 11.3 Å². The van der Waals surface area contributed by atoms with Gasteiger partial charge in [-0.3, -0.25) is 0 Å². The smallest absolute Gasteiger partial charge is 0.121 e. The monoisotopic (exact) mass is 289 g/mol. The van der Waals surface area contributed by atoms with Crippen LogP contribution >= 0.6 is 0 Å². The summed E-state index contributed by atoms with van der Waals surface area (Å²) in [6.07, 6.45) is 3.11. The van der Waals surface area contributed by atoms with E-state index in [2.05, 4.69) is 48.9 Å². The van der Waals surface area contributed by atoms with Crippen LogP contribution in [0.3, 0.4) is 0 Å². The second-order valence-corrected chi connectivity index (χ2v) is 5.28. The maximum atomic E-state index is 5.71. The molecule has 2 rings (SSSR count). The zero-order valence-corrected chi connectivity index (χ0v) is 13.5. The molecule has 0 spiro atoms. The molecule has 0 aliphatic rings. The van der Waals surface area contributed by atoms with Crippen molar-refractivity contribution in [3.8, 4) is 5.75 Å². The van der Waals surface area contributed by atoms with Crippen LogP contribution in [0.15, 0.2) is 18.2 Å². The van der Waals surface area contributed by atoms with Crippen molar-refractivity contribution in [1.82, 2.24) is 14.9 Å². The SMILES string of the molecule is CCCOc1ccc2c(c1)nc(CCNCC)n2CCC. The number of nitrogens with zero attached hydrogens (tertiary/aromatic N) is 2. The summed E-state index contributed by atoms with van der Waals surface area (Å²) in [7, 11) is 0. The van der Waals surface area contributed by atoms with Gasteiger partial charge in [0.1, 0.15) is 11.6 Å². The molecule has 0 unspecified atom stereocenters. The third kappa shape index (κ3) is 3.97. The number of likely N-dealkylation sites (N-methyl/N-ethyl adjacent to an activating group) is 1. The molecule has 1 aromatic carbocycles. The first-order chi connectivity index (χ1) is 10.3. The van der Waals surface area contributed by atoms with Gasteiger partial charge >= 0.3 is 0 Å². The molecular weight excluding hydrogens is 262 g/mol. The lowest BCUT2D eigenvalue weighted by atomic mass is 10.3. The number of aromatic nitrogens is 2. The Morgan fingerprint density at radius 1 is 1.19 bits per heavy atom. The van der Waals surface area contributed by atoms with Gasteiger partial charge in [0.25, 0.3) is 0 Å². The number of hydrogen-bond donors (Lipinski definition) is 1. The summed E-state index contributed by atoms with van der Waals surface area (Å²) in [6.45, 7) is 10.2. The highest BCUT2D eigenvalue weighted by Crippen LogP contribution is 2.22. The van der Waals surface area contributed by atoms with Gasteiger partial charge in [-0.25, -0.2) is 4.98 Å². The second kappa shape index (κ2) is 8.03. The summed E-state index contributed by atoms with van der Waals surface area (Å²) in [4.78, 5) is 4.81. The number of nitrogens with one attached hydrogen (secondary N) is 1. The van der Waals surface area contributed by atoms with Crippen molar-refractivity contribution >= 4 is 11.0 Å². The van der Waals surface area contributed by atoms with Crippen molar-refractivity contribution in [2.45, 2.75) is 46.6 Å². The van der Waals surface area contributed by atoms with Crippen molar-refractivity contribution in [3.63, 3.8) is 0 Å². The Labute approximate surface area is 127 Å². The zero-order chi connectivity index (χ0) is 15.1. The van der Waals surface area contributed by atoms with E-state index < -0.39 is 0 Å². The molecule has 0 amide bonds. The van der Waals surface area contributed by atoms with E-state index >= 15 is 0 Å². The predicted octanol–water partition coefficient (Wildman–Crippen LogP) is 3.39. The Balaban J connectivity index is 2.26. The normalized spacial score (nSPS) is 11.2. The molecular formula is C17H27N3O. The Morgan fingerprint density at radius 2 is 2.05 bits per heavy atom.